The van der Waals surface area contributed by atoms with Crippen LogP contribution >= 0.6 is 11.3 Å². The smallest absolute Gasteiger partial charge is 0.0783 e. The fraction of sp³-hybridized carbons (Fsp3) is 0. The van der Waals surface area contributed by atoms with Gasteiger partial charge in [-0.15, -0.1) is 11.3 Å². The molecular weight excluding hydrogens is 579 g/mol. The summed E-state index contributed by atoms with van der Waals surface area (Å²) in [4.78, 5) is 2.47. The number of anilines is 3. The molecule has 0 spiro atoms. The summed E-state index contributed by atoms with van der Waals surface area (Å²) in [6.07, 6.45) is 0. The molecule has 11 rings (SSSR count). The van der Waals surface area contributed by atoms with Gasteiger partial charge in [0.05, 0.1) is 39.1 Å². The van der Waals surface area contributed by atoms with Crippen molar-refractivity contribution in [2.45, 2.75) is 0 Å². The van der Waals surface area contributed by atoms with Crippen molar-refractivity contribution in [3.05, 3.63) is 152 Å². The van der Waals surface area contributed by atoms with Gasteiger partial charge in [0.25, 0.3) is 0 Å². The Hall–Kier alpha value is -5.84. The second kappa shape index (κ2) is 8.87. The topological polar surface area (TPSA) is 13.1 Å². The summed E-state index contributed by atoms with van der Waals surface area (Å²) < 4.78 is 7.56. The first-order chi connectivity index (χ1) is 22.8. The largest absolute Gasteiger partial charge is 0.309 e. The van der Waals surface area contributed by atoms with Crippen molar-refractivity contribution in [3.63, 3.8) is 0 Å². The number of fused-ring (bicyclic) bond motifs is 12. The van der Waals surface area contributed by atoms with Crippen molar-refractivity contribution >= 4 is 92.2 Å². The fourth-order valence-electron chi connectivity index (χ4n) is 7.99. The van der Waals surface area contributed by atoms with Crippen LogP contribution in [-0.4, -0.2) is 9.13 Å². The number of thiophene rings is 1. The minimum absolute atomic E-state index is 1.18. The number of rotatable bonds is 2. The Balaban J connectivity index is 1.28. The molecule has 3 nitrogen and oxygen atoms in total. The van der Waals surface area contributed by atoms with E-state index in [4.69, 9.17) is 0 Å². The van der Waals surface area contributed by atoms with Crippen molar-refractivity contribution in [2.24, 2.45) is 0 Å². The van der Waals surface area contributed by atoms with Crippen LogP contribution in [0.15, 0.2) is 152 Å². The van der Waals surface area contributed by atoms with E-state index in [0.29, 0.717) is 0 Å². The summed E-state index contributed by atoms with van der Waals surface area (Å²) in [5, 5.41) is 7.78. The first-order valence-corrected chi connectivity index (χ1v) is 16.5. The molecule has 0 N–H and O–H groups in total. The zero-order valence-electron chi connectivity index (χ0n) is 24.7. The summed E-state index contributed by atoms with van der Waals surface area (Å²) in [5.74, 6) is 0. The first kappa shape index (κ1) is 24.5. The summed E-state index contributed by atoms with van der Waals surface area (Å²) in [6, 6.07) is 55.6. The van der Waals surface area contributed by atoms with Gasteiger partial charge >= 0.3 is 0 Å². The zero-order chi connectivity index (χ0) is 29.9. The Kier molecular flexibility index (Phi) is 4.72. The van der Waals surface area contributed by atoms with Gasteiger partial charge in [-0.05, 0) is 72.8 Å². The van der Waals surface area contributed by atoms with Crippen LogP contribution in [0.25, 0.3) is 75.2 Å². The molecule has 10 aromatic rings. The predicted molar refractivity (Wildman–Crippen MR) is 196 cm³/mol. The van der Waals surface area contributed by atoms with E-state index in [-0.39, 0.29) is 0 Å². The van der Waals surface area contributed by atoms with Gasteiger partial charge in [0, 0.05) is 53.1 Å². The molecule has 0 fully saturated rings. The maximum atomic E-state index is 2.50. The van der Waals surface area contributed by atoms with E-state index < -0.39 is 0 Å². The van der Waals surface area contributed by atoms with Gasteiger partial charge in [0.2, 0.25) is 0 Å². The van der Waals surface area contributed by atoms with Crippen LogP contribution in [0.1, 0.15) is 0 Å². The van der Waals surface area contributed by atoms with Gasteiger partial charge in [-0.3, -0.25) is 0 Å². The second-order valence-corrected chi connectivity index (χ2v) is 13.2. The Morgan fingerprint density at radius 2 is 1.02 bits per heavy atom. The Labute approximate surface area is 268 Å². The second-order valence-electron chi connectivity index (χ2n) is 12.2. The average molecular weight is 604 g/mol. The quantitative estimate of drug-likeness (QED) is 0.192. The summed E-state index contributed by atoms with van der Waals surface area (Å²) in [5.41, 5.74) is 10.9. The molecule has 214 valence electrons. The van der Waals surface area contributed by atoms with E-state index in [1.807, 2.05) is 11.3 Å². The maximum absolute atomic E-state index is 2.50. The lowest BCUT2D eigenvalue weighted by Crippen LogP contribution is -2.17. The number of aromatic nitrogens is 2. The number of hydrogen-bond acceptors (Lipinski definition) is 2. The molecule has 0 bridgehead atoms. The lowest BCUT2D eigenvalue weighted by Gasteiger charge is -2.33. The van der Waals surface area contributed by atoms with Crippen molar-refractivity contribution in [3.8, 4) is 11.4 Å². The van der Waals surface area contributed by atoms with E-state index in [2.05, 4.69) is 166 Å². The predicted octanol–water partition coefficient (Wildman–Crippen LogP) is 12.0. The van der Waals surface area contributed by atoms with Crippen LogP contribution in [-0.2, 0) is 0 Å². The van der Waals surface area contributed by atoms with Crippen LogP contribution < -0.4 is 4.90 Å². The third-order valence-corrected chi connectivity index (χ3v) is 11.0. The molecule has 0 saturated heterocycles. The molecule has 0 saturated carbocycles. The third kappa shape index (κ3) is 3.06. The standard InChI is InChI=1S/C42H25N3S/c1-2-11-26(12-3-1)43-32-16-6-4-14-29(32)40-35(43)22-23-36-41(40)30-15-10-19-37-42(30)45(36)34-18-8-7-17-33(34)44(37)27-21-24-39-31(25-27)28-13-5-9-20-38(28)46-39/h1-25H. The van der Waals surface area contributed by atoms with Gasteiger partial charge in [0.1, 0.15) is 0 Å². The first-order valence-electron chi connectivity index (χ1n) is 15.7. The van der Waals surface area contributed by atoms with Gasteiger partial charge in [0.15, 0.2) is 0 Å². The monoisotopic (exact) mass is 603 g/mol. The van der Waals surface area contributed by atoms with E-state index >= 15 is 0 Å². The van der Waals surface area contributed by atoms with Crippen LogP contribution in [0.3, 0.4) is 0 Å². The summed E-state index contributed by atoms with van der Waals surface area (Å²) in [7, 11) is 0. The average Bonchev–Trinajstić information content (AvgIpc) is 3.77. The molecule has 0 aliphatic carbocycles. The molecule has 0 amide bonds. The number of hydrogen-bond donors (Lipinski definition) is 0. The Bertz CT molecular complexity index is 2870. The van der Waals surface area contributed by atoms with Gasteiger partial charge in [-0.1, -0.05) is 78.9 Å². The van der Waals surface area contributed by atoms with Crippen LogP contribution in [0, 0.1) is 0 Å². The SMILES string of the molecule is c1ccc(-n2c3ccccc3c3c4c5cccc6c5n(c4ccc32)-c2ccccc2N6c2ccc3sc4ccccc4c3c2)cc1. The molecule has 7 aromatic carbocycles. The molecule has 46 heavy (non-hydrogen) atoms. The number of nitrogens with zero attached hydrogens (tertiary/aromatic N) is 3. The molecule has 4 heteroatoms. The van der Waals surface area contributed by atoms with Crippen molar-refractivity contribution in [1.82, 2.24) is 9.13 Å². The maximum Gasteiger partial charge on any atom is 0.0783 e. The summed E-state index contributed by atoms with van der Waals surface area (Å²) in [6.45, 7) is 0. The highest BCUT2D eigenvalue weighted by Crippen LogP contribution is 2.52. The van der Waals surface area contributed by atoms with Gasteiger partial charge in [-0.25, -0.2) is 0 Å². The zero-order valence-corrected chi connectivity index (χ0v) is 25.5. The van der Waals surface area contributed by atoms with Crippen LogP contribution in [0.5, 0.6) is 0 Å². The lowest BCUT2D eigenvalue weighted by molar-refractivity contribution is 1.11. The molecule has 1 aliphatic heterocycles. The summed E-state index contributed by atoms with van der Waals surface area (Å²) >= 11 is 1.87. The lowest BCUT2D eigenvalue weighted by atomic mass is 10.0. The van der Waals surface area contributed by atoms with E-state index in [1.54, 1.807) is 0 Å². The highest BCUT2D eigenvalue weighted by Gasteiger charge is 2.30. The third-order valence-electron chi connectivity index (χ3n) is 9.80. The molecule has 0 radical (unpaired) electrons. The van der Waals surface area contributed by atoms with Crippen molar-refractivity contribution in [1.29, 1.82) is 0 Å². The Morgan fingerprint density at radius 1 is 0.370 bits per heavy atom. The van der Waals surface area contributed by atoms with Crippen LogP contribution in [0.2, 0.25) is 0 Å². The molecular formula is C42H25N3S. The highest BCUT2D eigenvalue weighted by molar-refractivity contribution is 7.25. The van der Waals surface area contributed by atoms with Gasteiger partial charge < -0.3 is 14.0 Å². The fourth-order valence-corrected chi connectivity index (χ4v) is 9.07. The molecule has 0 atom stereocenters. The van der Waals surface area contributed by atoms with E-state index in [1.165, 1.54) is 92.2 Å². The van der Waals surface area contributed by atoms with Crippen LogP contribution in [0.4, 0.5) is 17.1 Å². The van der Waals surface area contributed by atoms with E-state index in [0.717, 1.165) is 0 Å². The van der Waals surface area contributed by atoms with Crippen molar-refractivity contribution < 1.29 is 0 Å². The minimum Gasteiger partial charge on any atom is -0.309 e. The molecule has 0 unspecified atom stereocenters. The van der Waals surface area contributed by atoms with Gasteiger partial charge in [-0.2, -0.15) is 0 Å². The van der Waals surface area contributed by atoms with E-state index in [9.17, 15) is 0 Å². The molecule has 1 aliphatic rings. The highest BCUT2D eigenvalue weighted by atomic mass is 32.1. The number of benzene rings is 7. The minimum atomic E-state index is 1.18. The molecule has 3 aromatic heterocycles. The van der Waals surface area contributed by atoms with Crippen molar-refractivity contribution in [2.75, 3.05) is 4.90 Å². The molecule has 4 heterocycles. The number of para-hydroxylation sites is 5. The normalized spacial score (nSPS) is 12.7. The Morgan fingerprint density at radius 3 is 1.91 bits per heavy atom.